The minimum absolute atomic E-state index is 0.442. The molecule has 0 aliphatic heterocycles. The standard InChI is InChI=1S/C19H20ClN3O3/c1-24-16-7-6-14(11-17(16)25-2)19-23-22-18(26-19)12-21-9-8-13-4-3-5-15(20)10-13/h3-7,10-11,21H,8-9,12H2,1-2H3. The highest BCUT2D eigenvalue weighted by atomic mass is 35.5. The van der Waals surface area contributed by atoms with Gasteiger partial charge in [-0.25, -0.2) is 0 Å². The number of ether oxygens (including phenoxy) is 2. The molecular formula is C19H20ClN3O3. The Hall–Kier alpha value is -2.57. The largest absolute Gasteiger partial charge is 0.493 e. The van der Waals surface area contributed by atoms with E-state index in [1.807, 2.05) is 30.3 Å². The fourth-order valence-electron chi connectivity index (χ4n) is 2.53. The first-order valence-corrected chi connectivity index (χ1v) is 8.57. The third kappa shape index (κ3) is 4.53. The molecule has 0 radical (unpaired) electrons. The van der Waals surface area contributed by atoms with Crippen LogP contribution >= 0.6 is 11.6 Å². The maximum absolute atomic E-state index is 5.98. The van der Waals surface area contributed by atoms with E-state index in [1.165, 1.54) is 5.56 Å². The number of methoxy groups -OCH3 is 2. The number of halogens is 1. The Kier molecular flexibility index (Phi) is 6.09. The van der Waals surface area contributed by atoms with E-state index in [4.69, 9.17) is 25.5 Å². The normalized spacial score (nSPS) is 10.7. The number of hydrogen-bond donors (Lipinski definition) is 1. The second-order valence-electron chi connectivity index (χ2n) is 5.63. The molecule has 3 aromatic rings. The van der Waals surface area contributed by atoms with Crippen LogP contribution in [0.4, 0.5) is 0 Å². The zero-order valence-corrected chi connectivity index (χ0v) is 15.4. The van der Waals surface area contributed by atoms with Gasteiger partial charge >= 0.3 is 0 Å². The van der Waals surface area contributed by atoms with Crippen LogP contribution in [0.15, 0.2) is 46.9 Å². The van der Waals surface area contributed by atoms with E-state index >= 15 is 0 Å². The fraction of sp³-hybridized carbons (Fsp3) is 0.263. The first-order chi connectivity index (χ1) is 12.7. The summed E-state index contributed by atoms with van der Waals surface area (Å²) >= 11 is 5.98. The molecule has 0 spiro atoms. The molecule has 0 unspecified atom stereocenters. The van der Waals surface area contributed by atoms with Gasteiger partial charge in [0, 0.05) is 10.6 Å². The highest BCUT2D eigenvalue weighted by Crippen LogP contribution is 2.31. The van der Waals surface area contributed by atoms with Gasteiger partial charge in [0.05, 0.1) is 20.8 Å². The van der Waals surface area contributed by atoms with E-state index in [2.05, 4.69) is 21.6 Å². The van der Waals surface area contributed by atoms with Gasteiger partial charge in [-0.3, -0.25) is 0 Å². The number of nitrogens with one attached hydrogen (secondary N) is 1. The topological polar surface area (TPSA) is 69.4 Å². The van der Waals surface area contributed by atoms with Crippen molar-refractivity contribution in [3.63, 3.8) is 0 Å². The quantitative estimate of drug-likeness (QED) is 0.606. The molecule has 0 saturated carbocycles. The summed E-state index contributed by atoms with van der Waals surface area (Å²) in [6.07, 6.45) is 0.872. The second-order valence-corrected chi connectivity index (χ2v) is 6.06. The summed E-state index contributed by atoms with van der Waals surface area (Å²) in [7, 11) is 3.18. The molecule has 7 heteroatoms. The molecule has 0 aliphatic rings. The Morgan fingerprint density at radius 2 is 1.88 bits per heavy atom. The molecule has 0 amide bonds. The maximum atomic E-state index is 5.98. The molecule has 0 atom stereocenters. The summed E-state index contributed by atoms with van der Waals surface area (Å²) in [5, 5.41) is 12.2. The number of hydrogen-bond acceptors (Lipinski definition) is 6. The van der Waals surface area contributed by atoms with E-state index in [-0.39, 0.29) is 0 Å². The van der Waals surface area contributed by atoms with E-state index in [1.54, 1.807) is 20.3 Å². The Balaban J connectivity index is 1.56. The predicted molar refractivity (Wildman–Crippen MR) is 99.7 cm³/mol. The van der Waals surface area contributed by atoms with Crippen molar-refractivity contribution < 1.29 is 13.9 Å². The molecule has 6 nitrogen and oxygen atoms in total. The average molecular weight is 374 g/mol. The van der Waals surface area contributed by atoms with Crippen LogP contribution in [0.3, 0.4) is 0 Å². The van der Waals surface area contributed by atoms with Gasteiger partial charge in [0.25, 0.3) is 0 Å². The third-order valence-electron chi connectivity index (χ3n) is 3.85. The van der Waals surface area contributed by atoms with Crippen LogP contribution in [0.2, 0.25) is 5.02 Å². The van der Waals surface area contributed by atoms with Crippen LogP contribution in [0.1, 0.15) is 11.5 Å². The SMILES string of the molecule is COc1ccc(-c2nnc(CNCCc3cccc(Cl)c3)o2)cc1OC. The van der Waals surface area contributed by atoms with Gasteiger partial charge in [-0.15, -0.1) is 10.2 Å². The molecule has 26 heavy (non-hydrogen) atoms. The molecule has 2 aromatic carbocycles. The van der Waals surface area contributed by atoms with E-state index in [0.29, 0.717) is 29.8 Å². The second kappa shape index (κ2) is 8.69. The molecule has 1 heterocycles. The van der Waals surface area contributed by atoms with E-state index in [0.717, 1.165) is 23.6 Å². The number of benzene rings is 2. The predicted octanol–water partition coefficient (Wildman–Crippen LogP) is 3.74. The van der Waals surface area contributed by atoms with Gasteiger partial charge in [-0.2, -0.15) is 0 Å². The third-order valence-corrected chi connectivity index (χ3v) is 4.09. The van der Waals surface area contributed by atoms with Crippen molar-refractivity contribution in [2.75, 3.05) is 20.8 Å². The van der Waals surface area contributed by atoms with Crippen LogP contribution in [0, 0.1) is 0 Å². The van der Waals surface area contributed by atoms with Crippen molar-refractivity contribution in [1.82, 2.24) is 15.5 Å². The molecule has 0 saturated heterocycles. The summed E-state index contributed by atoms with van der Waals surface area (Å²) < 4.78 is 16.2. The highest BCUT2D eigenvalue weighted by molar-refractivity contribution is 6.30. The zero-order valence-electron chi connectivity index (χ0n) is 14.7. The Morgan fingerprint density at radius 1 is 1.04 bits per heavy atom. The molecule has 0 aliphatic carbocycles. The number of nitrogens with zero attached hydrogens (tertiary/aromatic N) is 2. The molecule has 0 bridgehead atoms. The van der Waals surface area contributed by atoms with Gasteiger partial charge in [-0.05, 0) is 48.9 Å². The highest BCUT2D eigenvalue weighted by Gasteiger charge is 2.12. The minimum atomic E-state index is 0.442. The number of aromatic nitrogens is 2. The monoisotopic (exact) mass is 373 g/mol. The number of rotatable bonds is 8. The van der Waals surface area contributed by atoms with Crippen LogP contribution in [0.25, 0.3) is 11.5 Å². The van der Waals surface area contributed by atoms with Crippen molar-refractivity contribution in [3.05, 3.63) is 58.9 Å². The van der Waals surface area contributed by atoms with Crippen LogP contribution < -0.4 is 14.8 Å². The zero-order chi connectivity index (χ0) is 18.4. The summed E-state index contributed by atoms with van der Waals surface area (Å²) in [4.78, 5) is 0. The summed E-state index contributed by atoms with van der Waals surface area (Å²) in [6, 6.07) is 13.3. The van der Waals surface area contributed by atoms with Crippen LogP contribution in [-0.4, -0.2) is 31.0 Å². The first-order valence-electron chi connectivity index (χ1n) is 8.19. The lowest BCUT2D eigenvalue weighted by Gasteiger charge is -2.07. The van der Waals surface area contributed by atoms with Gasteiger partial charge in [0.2, 0.25) is 11.8 Å². The summed E-state index contributed by atoms with van der Waals surface area (Å²) in [5.41, 5.74) is 1.96. The molecule has 0 fully saturated rings. The molecule has 1 aromatic heterocycles. The molecular weight excluding hydrogens is 354 g/mol. The first kappa shape index (κ1) is 18.2. The maximum Gasteiger partial charge on any atom is 0.247 e. The van der Waals surface area contributed by atoms with Crippen molar-refractivity contribution in [2.24, 2.45) is 0 Å². The lowest BCUT2D eigenvalue weighted by Crippen LogP contribution is -2.16. The van der Waals surface area contributed by atoms with Gasteiger partial charge < -0.3 is 19.2 Å². The molecule has 1 N–H and O–H groups in total. The Labute approximate surface area is 157 Å². The van der Waals surface area contributed by atoms with E-state index in [9.17, 15) is 0 Å². The average Bonchev–Trinajstić information content (AvgIpc) is 3.13. The van der Waals surface area contributed by atoms with Crippen molar-refractivity contribution in [1.29, 1.82) is 0 Å². The lowest BCUT2D eigenvalue weighted by molar-refractivity contribution is 0.355. The summed E-state index contributed by atoms with van der Waals surface area (Å²) in [6.45, 7) is 1.29. The van der Waals surface area contributed by atoms with Crippen LogP contribution in [0.5, 0.6) is 11.5 Å². The van der Waals surface area contributed by atoms with Crippen molar-refractivity contribution >= 4 is 11.6 Å². The van der Waals surface area contributed by atoms with Crippen molar-refractivity contribution in [2.45, 2.75) is 13.0 Å². The Bertz CT molecular complexity index is 867. The summed E-state index contributed by atoms with van der Waals surface area (Å²) in [5.74, 6) is 2.24. The molecule has 3 rings (SSSR count). The van der Waals surface area contributed by atoms with Gasteiger partial charge in [-0.1, -0.05) is 23.7 Å². The Morgan fingerprint density at radius 3 is 2.65 bits per heavy atom. The lowest BCUT2D eigenvalue weighted by atomic mass is 10.1. The smallest absolute Gasteiger partial charge is 0.247 e. The van der Waals surface area contributed by atoms with Gasteiger partial charge in [0.1, 0.15) is 0 Å². The minimum Gasteiger partial charge on any atom is -0.493 e. The van der Waals surface area contributed by atoms with Crippen molar-refractivity contribution in [3.8, 4) is 23.0 Å². The van der Waals surface area contributed by atoms with E-state index < -0.39 is 0 Å². The van der Waals surface area contributed by atoms with Gasteiger partial charge in [0.15, 0.2) is 11.5 Å². The fourth-order valence-corrected chi connectivity index (χ4v) is 2.74. The molecule has 136 valence electrons. The van der Waals surface area contributed by atoms with Crippen LogP contribution in [-0.2, 0) is 13.0 Å².